The van der Waals surface area contributed by atoms with E-state index < -0.39 is 24.5 Å². The second-order valence-electron chi connectivity index (χ2n) is 12.8. The number of nitrogen functional groups attached to an aromatic ring is 1. The van der Waals surface area contributed by atoms with E-state index in [0.717, 1.165) is 36.1 Å². The van der Waals surface area contributed by atoms with E-state index in [9.17, 15) is 10.2 Å². The van der Waals surface area contributed by atoms with Crippen molar-refractivity contribution in [3.05, 3.63) is 42.2 Å². The van der Waals surface area contributed by atoms with Crippen LogP contribution in [0.1, 0.15) is 58.2 Å². The van der Waals surface area contributed by atoms with Gasteiger partial charge in [-0.15, -0.1) is 0 Å². The van der Waals surface area contributed by atoms with E-state index in [0.29, 0.717) is 17.7 Å². The summed E-state index contributed by atoms with van der Waals surface area (Å²) in [6.07, 6.45) is 2.25. The first kappa shape index (κ1) is 26.7. The van der Waals surface area contributed by atoms with Crippen LogP contribution in [0.2, 0.25) is 0 Å². The van der Waals surface area contributed by atoms with Gasteiger partial charge in [-0.05, 0) is 48.8 Å². The van der Waals surface area contributed by atoms with Crippen molar-refractivity contribution in [1.82, 2.24) is 34.4 Å². The highest BCUT2D eigenvalue weighted by atomic mass is 16.6. The molecule has 4 aromatic rings. The standard InChI is InChI=1S/C29H38N8O4/c1-14-36(11-20-25(40-14)24(39)28(41-20)37-13-33-22-26(30)31-12-32-27(22)37)19-9-15(23(19)38)5-8-21-34-17-7-6-16(29(2,3)4)10-18(17)35-21/h6-7,10,12-15,19-20,23-25,28,38-39H,5,8-9,11H2,1-4H3,(H,34,35)(H2,30,31,32)/t14?,15-,19-,20+,23?,24+,25+,28+/m0/s1. The third-order valence-electron chi connectivity index (χ3n) is 9.18. The maximum absolute atomic E-state index is 11.2. The maximum Gasteiger partial charge on any atom is 0.167 e. The van der Waals surface area contributed by atoms with E-state index >= 15 is 0 Å². The number of H-pyrrole nitrogens is 1. The maximum atomic E-state index is 11.2. The van der Waals surface area contributed by atoms with Gasteiger partial charge in [0.2, 0.25) is 0 Å². The molecule has 2 aliphatic heterocycles. The highest BCUT2D eigenvalue weighted by Gasteiger charge is 2.54. The molecule has 3 aromatic heterocycles. The molecule has 1 saturated carbocycles. The first-order valence-corrected chi connectivity index (χ1v) is 14.4. The number of imidazole rings is 2. The quantitative estimate of drug-likeness (QED) is 0.284. The zero-order chi connectivity index (χ0) is 28.6. The van der Waals surface area contributed by atoms with Crippen molar-refractivity contribution < 1.29 is 19.7 Å². The van der Waals surface area contributed by atoms with Gasteiger partial charge in [-0.2, -0.15) is 0 Å². The molecule has 12 heteroatoms. The molecule has 0 bridgehead atoms. The van der Waals surface area contributed by atoms with Crippen molar-refractivity contribution in [3.8, 4) is 0 Å². The number of rotatable bonds is 5. The van der Waals surface area contributed by atoms with Crippen LogP contribution in [0.4, 0.5) is 5.82 Å². The Labute approximate surface area is 237 Å². The molecule has 8 atom stereocenters. The fourth-order valence-corrected chi connectivity index (χ4v) is 6.68. The summed E-state index contributed by atoms with van der Waals surface area (Å²) in [6.45, 7) is 9.15. The molecule has 2 saturated heterocycles. The van der Waals surface area contributed by atoms with E-state index in [1.165, 1.54) is 11.9 Å². The van der Waals surface area contributed by atoms with Gasteiger partial charge in [0.15, 0.2) is 17.7 Å². The molecule has 0 spiro atoms. The second kappa shape index (κ2) is 9.70. The minimum atomic E-state index is -0.902. The summed E-state index contributed by atoms with van der Waals surface area (Å²) in [5.74, 6) is 1.42. The minimum Gasteiger partial charge on any atom is -0.391 e. The lowest BCUT2D eigenvalue weighted by atomic mass is 9.73. The van der Waals surface area contributed by atoms with Crippen LogP contribution < -0.4 is 5.73 Å². The van der Waals surface area contributed by atoms with Crippen LogP contribution in [0.15, 0.2) is 30.9 Å². The van der Waals surface area contributed by atoms with Gasteiger partial charge in [0.1, 0.15) is 42.2 Å². The normalized spacial score (nSPS) is 32.4. The Morgan fingerprint density at radius 1 is 1.12 bits per heavy atom. The number of benzene rings is 1. The van der Waals surface area contributed by atoms with Crippen LogP contribution in [0.3, 0.4) is 0 Å². The number of nitrogens with zero attached hydrogens (tertiary/aromatic N) is 6. The molecule has 1 aromatic carbocycles. The van der Waals surface area contributed by atoms with Gasteiger partial charge in [-0.25, -0.2) is 19.9 Å². The largest absolute Gasteiger partial charge is 0.391 e. The summed E-state index contributed by atoms with van der Waals surface area (Å²) in [7, 11) is 0. The van der Waals surface area contributed by atoms with Gasteiger partial charge >= 0.3 is 0 Å². The Hall–Kier alpha value is -3.16. The Kier molecular flexibility index (Phi) is 6.32. The fraction of sp³-hybridized carbons (Fsp3) is 0.586. The van der Waals surface area contributed by atoms with Crippen molar-refractivity contribution in [2.45, 2.75) is 95.3 Å². The number of nitrogens with two attached hydrogens (primary N) is 1. The first-order valence-electron chi connectivity index (χ1n) is 14.4. The van der Waals surface area contributed by atoms with Gasteiger partial charge in [-0.3, -0.25) is 9.47 Å². The highest BCUT2D eigenvalue weighted by molar-refractivity contribution is 5.81. The molecule has 1 aliphatic carbocycles. The van der Waals surface area contributed by atoms with Crippen LogP contribution in [0.25, 0.3) is 22.2 Å². The third-order valence-corrected chi connectivity index (χ3v) is 9.18. The van der Waals surface area contributed by atoms with Crippen molar-refractivity contribution in [2.75, 3.05) is 12.3 Å². The van der Waals surface area contributed by atoms with Gasteiger partial charge < -0.3 is 30.4 Å². The number of hydrogen-bond acceptors (Lipinski definition) is 10. The lowest BCUT2D eigenvalue weighted by Crippen LogP contribution is -2.64. The highest BCUT2D eigenvalue weighted by Crippen LogP contribution is 2.42. The molecule has 41 heavy (non-hydrogen) atoms. The third kappa shape index (κ3) is 4.49. The molecule has 0 radical (unpaired) electrons. The van der Waals surface area contributed by atoms with Crippen molar-refractivity contribution in [1.29, 1.82) is 0 Å². The molecule has 5 N–H and O–H groups in total. The zero-order valence-corrected chi connectivity index (χ0v) is 23.8. The van der Waals surface area contributed by atoms with E-state index in [1.807, 2.05) is 6.92 Å². The lowest BCUT2D eigenvalue weighted by Gasteiger charge is -2.52. The summed E-state index contributed by atoms with van der Waals surface area (Å²) in [5, 5.41) is 22.3. The number of aromatic amines is 1. The van der Waals surface area contributed by atoms with Gasteiger partial charge in [0, 0.05) is 19.0 Å². The van der Waals surface area contributed by atoms with Crippen LogP contribution in [0, 0.1) is 5.92 Å². The molecule has 3 fully saturated rings. The summed E-state index contributed by atoms with van der Waals surface area (Å²) in [4.78, 5) is 23.0. The van der Waals surface area contributed by atoms with Gasteiger partial charge in [0.05, 0.1) is 23.5 Å². The predicted octanol–water partition coefficient (Wildman–Crippen LogP) is 2.27. The van der Waals surface area contributed by atoms with Crippen LogP contribution >= 0.6 is 0 Å². The molecule has 218 valence electrons. The van der Waals surface area contributed by atoms with Crippen LogP contribution in [-0.2, 0) is 21.3 Å². The minimum absolute atomic E-state index is 0.0256. The SMILES string of the molecule is CC1O[C@H]2[C@@H](O)[C@H](n3cnc4c(N)ncnc43)O[C@@H]2CN1[C@H]1C[C@H](CCc2nc3ccc(C(C)(C)C)cc3[nH]2)C1O. The molecule has 7 rings (SSSR count). The Morgan fingerprint density at radius 3 is 2.73 bits per heavy atom. The Balaban J connectivity index is 0.984. The van der Waals surface area contributed by atoms with Crippen molar-refractivity contribution in [3.63, 3.8) is 0 Å². The number of aromatic nitrogens is 6. The number of nitrogens with one attached hydrogen (secondary N) is 1. The average molecular weight is 563 g/mol. The average Bonchev–Trinajstić information content (AvgIpc) is 3.63. The zero-order valence-electron chi connectivity index (χ0n) is 23.8. The van der Waals surface area contributed by atoms with Gasteiger partial charge in [0.25, 0.3) is 0 Å². The van der Waals surface area contributed by atoms with Crippen molar-refractivity contribution >= 4 is 28.0 Å². The Bertz CT molecular complexity index is 1580. The van der Waals surface area contributed by atoms with E-state index in [1.54, 1.807) is 10.9 Å². The second-order valence-corrected chi connectivity index (χ2v) is 12.8. The molecular formula is C29H38N8O4. The van der Waals surface area contributed by atoms with E-state index in [-0.39, 0.29) is 35.5 Å². The number of ether oxygens (including phenoxy) is 2. The molecule has 3 aliphatic rings. The molecular weight excluding hydrogens is 524 g/mol. The van der Waals surface area contributed by atoms with Crippen LogP contribution in [0.5, 0.6) is 0 Å². The number of aliphatic hydroxyl groups excluding tert-OH is 2. The fourth-order valence-electron chi connectivity index (χ4n) is 6.68. The summed E-state index contributed by atoms with van der Waals surface area (Å²) in [6, 6.07) is 6.40. The van der Waals surface area contributed by atoms with Crippen LogP contribution in [-0.4, -0.2) is 87.8 Å². The smallest absolute Gasteiger partial charge is 0.167 e. The molecule has 2 unspecified atom stereocenters. The van der Waals surface area contributed by atoms with Gasteiger partial charge in [-0.1, -0.05) is 26.8 Å². The molecule has 0 amide bonds. The Morgan fingerprint density at radius 2 is 1.95 bits per heavy atom. The molecule has 5 heterocycles. The first-order chi connectivity index (χ1) is 19.6. The lowest BCUT2D eigenvalue weighted by molar-refractivity contribution is -0.219. The predicted molar refractivity (Wildman–Crippen MR) is 152 cm³/mol. The summed E-state index contributed by atoms with van der Waals surface area (Å²) < 4.78 is 14.3. The number of aliphatic hydroxyl groups is 2. The number of fused-ring (bicyclic) bond motifs is 3. The topological polar surface area (TPSA) is 160 Å². The van der Waals surface area contributed by atoms with E-state index in [2.05, 4.69) is 63.8 Å². The summed E-state index contributed by atoms with van der Waals surface area (Å²) >= 11 is 0. The number of aryl methyl sites for hydroxylation is 1. The number of anilines is 1. The van der Waals surface area contributed by atoms with Crippen molar-refractivity contribution in [2.24, 2.45) is 5.92 Å². The summed E-state index contributed by atoms with van der Waals surface area (Å²) in [5.41, 5.74) is 10.3. The number of hydrogen-bond donors (Lipinski definition) is 4. The van der Waals surface area contributed by atoms with E-state index in [4.69, 9.17) is 20.2 Å². The molecule has 12 nitrogen and oxygen atoms in total. The monoisotopic (exact) mass is 562 g/mol.